The minimum atomic E-state index is -1.64. The average molecular weight is 283 g/mol. The Balaban J connectivity index is 2.55. The summed E-state index contributed by atoms with van der Waals surface area (Å²) in [6.07, 6.45) is -0.647. The molecule has 3 N–H and O–H groups in total. The summed E-state index contributed by atoms with van der Waals surface area (Å²) >= 11 is 0. The maximum Gasteiger partial charge on any atom is 0.330 e. The van der Waals surface area contributed by atoms with Crippen LogP contribution in [0.3, 0.4) is 0 Å². The Labute approximate surface area is 111 Å². The number of hydrogen-bond donors (Lipinski definition) is 3. The summed E-state index contributed by atoms with van der Waals surface area (Å²) in [6.45, 7) is -0.708. The molecule has 1 aliphatic heterocycles. The Kier molecular flexibility index (Phi) is 3.91. The molecule has 1 aliphatic rings. The average Bonchev–Trinajstić information content (AvgIpc) is 2.74. The quantitative estimate of drug-likeness (QED) is 0.354. The third-order valence-electron chi connectivity index (χ3n) is 3.17. The van der Waals surface area contributed by atoms with E-state index in [0.29, 0.717) is 0 Å². The number of nitrogens with zero attached hydrogens (tertiary/aromatic N) is 4. The largest absolute Gasteiger partial charge is 0.394 e. The molecule has 0 aliphatic carbocycles. The van der Waals surface area contributed by atoms with Crippen molar-refractivity contribution in [2.75, 3.05) is 13.2 Å². The van der Waals surface area contributed by atoms with Gasteiger partial charge in [-0.25, -0.2) is 4.79 Å². The van der Waals surface area contributed by atoms with Crippen LogP contribution in [0.15, 0.2) is 27.0 Å². The number of H-pyrrole nitrogens is 1. The maximum atomic E-state index is 11.9. The van der Waals surface area contributed by atoms with Gasteiger partial charge in [0.2, 0.25) is 0 Å². The molecule has 0 unspecified atom stereocenters. The standard InChI is InChI=1S/C10H13N5O5/c11-14-12-5-10(7(17)3-6(4-16)20-10)15-2-1-8(18)13-9(15)19/h1-2,6-7,16-17H,3-5H2,(H,13,18,19)/t6-,7+,10+/m0/s1. The molecule has 2 heterocycles. The number of aliphatic hydroxyl groups excluding tert-OH is 2. The Morgan fingerprint density at radius 1 is 1.65 bits per heavy atom. The summed E-state index contributed by atoms with van der Waals surface area (Å²) < 4.78 is 6.46. The number of aromatic nitrogens is 2. The summed E-state index contributed by atoms with van der Waals surface area (Å²) in [6, 6.07) is 1.08. The Hall–Kier alpha value is -2.13. The highest BCUT2D eigenvalue weighted by molar-refractivity contribution is 4.99. The fraction of sp³-hybridized carbons (Fsp3) is 0.600. The number of azide groups is 1. The van der Waals surface area contributed by atoms with Crippen molar-refractivity contribution < 1.29 is 14.9 Å². The normalized spacial score (nSPS) is 29.1. The van der Waals surface area contributed by atoms with Crippen molar-refractivity contribution in [1.82, 2.24) is 9.55 Å². The van der Waals surface area contributed by atoms with Gasteiger partial charge >= 0.3 is 5.69 Å². The molecule has 0 bridgehead atoms. The van der Waals surface area contributed by atoms with E-state index in [4.69, 9.17) is 15.4 Å². The minimum Gasteiger partial charge on any atom is -0.394 e. The Morgan fingerprint density at radius 2 is 2.40 bits per heavy atom. The first-order chi connectivity index (χ1) is 9.53. The number of nitrogens with one attached hydrogen (secondary N) is 1. The second-order valence-corrected chi connectivity index (χ2v) is 4.39. The van der Waals surface area contributed by atoms with Crippen molar-refractivity contribution in [3.05, 3.63) is 43.5 Å². The van der Waals surface area contributed by atoms with E-state index >= 15 is 0 Å². The highest BCUT2D eigenvalue weighted by atomic mass is 16.6. The van der Waals surface area contributed by atoms with Crippen LogP contribution in [0.4, 0.5) is 0 Å². The topological polar surface area (TPSA) is 153 Å². The molecule has 3 atom stereocenters. The second-order valence-electron chi connectivity index (χ2n) is 4.39. The highest BCUT2D eigenvalue weighted by Crippen LogP contribution is 2.34. The third-order valence-corrected chi connectivity index (χ3v) is 3.17. The number of aromatic amines is 1. The lowest BCUT2D eigenvalue weighted by atomic mass is 10.1. The van der Waals surface area contributed by atoms with E-state index in [9.17, 15) is 14.7 Å². The van der Waals surface area contributed by atoms with Gasteiger partial charge in [-0.15, -0.1) is 0 Å². The van der Waals surface area contributed by atoms with Crippen LogP contribution in [-0.4, -0.2) is 45.1 Å². The van der Waals surface area contributed by atoms with Crippen molar-refractivity contribution in [1.29, 1.82) is 0 Å². The van der Waals surface area contributed by atoms with Gasteiger partial charge in [-0.05, 0) is 5.53 Å². The van der Waals surface area contributed by atoms with Crippen molar-refractivity contribution in [2.24, 2.45) is 5.11 Å². The van der Waals surface area contributed by atoms with Crippen LogP contribution in [0.2, 0.25) is 0 Å². The van der Waals surface area contributed by atoms with Gasteiger partial charge in [0.05, 0.1) is 19.3 Å². The molecule has 10 nitrogen and oxygen atoms in total. The van der Waals surface area contributed by atoms with Crippen molar-refractivity contribution in [3.63, 3.8) is 0 Å². The van der Waals surface area contributed by atoms with E-state index in [-0.39, 0.29) is 19.6 Å². The second kappa shape index (κ2) is 5.47. The van der Waals surface area contributed by atoms with Crippen molar-refractivity contribution >= 4 is 0 Å². The molecule has 0 amide bonds. The van der Waals surface area contributed by atoms with E-state index in [1.54, 1.807) is 0 Å². The zero-order valence-electron chi connectivity index (χ0n) is 10.3. The summed E-state index contributed by atoms with van der Waals surface area (Å²) in [7, 11) is 0. The van der Waals surface area contributed by atoms with E-state index < -0.39 is 29.2 Å². The Bertz CT molecular complexity index is 648. The molecule has 108 valence electrons. The lowest BCUT2D eigenvalue weighted by Crippen LogP contribution is -2.51. The molecule has 2 rings (SSSR count). The van der Waals surface area contributed by atoms with Crippen LogP contribution in [-0.2, 0) is 10.5 Å². The number of ether oxygens (including phenoxy) is 1. The molecule has 0 aromatic carbocycles. The van der Waals surface area contributed by atoms with E-state index in [1.165, 1.54) is 0 Å². The molecule has 20 heavy (non-hydrogen) atoms. The SMILES string of the molecule is [N-]=[N+]=NC[C@@]1(n2ccc(=O)[nH]c2=O)O[C@H](CO)C[C@H]1O. The van der Waals surface area contributed by atoms with Gasteiger partial charge in [0, 0.05) is 23.6 Å². The van der Waals surface area contributed by atoms with Crippen molar-refractivity contribution in [2.45, 2.75) is 24.4 Å². The van der Waals surface area contributed by atoms with Gasteiger partial charge in [0.1, 0.15) is 6.10 Å². The fourth-order valence-corrected chi connectivity index (χ4v) is 2.24. The van der Waals surface area contributed by atoms with E-state index in [0.717, 1.165) is 16.8 Å². The third kappa shape index (κ3) is 2.32. The van der Waals surface area contributed by atoms with Crippen LogP contribution < -0.4 is 11.2 Å². The van der Waals surface area contributed by atoms with Crippen LogP contribution in [0.1, 0.15) is 6.42 Å². The molecule has 10 heteroatoms. The number of hydrogen-bond acceptors (Lipinski definition) is 6. The summed E-state index contributed by atoms with van der Waals surface area (Å²) in [5.74, 6) is 0. The predicted octanol–water partition coefficient (Wildman–Crippen LogP) is -1.36. The van der Waals surface area contributed by atoms with Crippen LogP contribution in [0, 0.1) is 0 Å². The first-order valence-electron chi connectivity index (χ1n) is 5.83. The monoisotopic (exact) mass is 283 g/mol. The van der Waals surface area contributed by atoms with Gasteiger partial charge in [-0.3, -0.25) is 14.3 Å². The first kappa shape index (κ1) is 14.3. The lowest BCUT2D eigenvalue weighted by molar-refractivity contribution is -0.143. The van der Waals surface area contributed by atoms with Crippen molar-refractivity contribution in [3.8, 4) is 0 Å². The summed E-state index contributed by atoms with van der Waals surface area (Å²) in [5, 5.41) is 22.6. The van der Waals surface area contributed by atoms with Gasteiger partial charge in [0.25, 0.3) is 5.56 Å². The molecule has 0 saturated carbocycles. The molecule has 1 saturated heterocycles. The predicted molar refractivity (Wildman–Crippen MR) is 65.9 cm³/mol. The molecule has 0 spiro atoms. The number of rotatable bonds is 4. The number of aliphatic hydroxyl groups is 2. The fourth-order valence-electron chi connectivity index (χ4n) is 2.24. The molecular weight excluding hydrogens is 270 g/mol. The van der Waals surface area contributed by atoms with Crippen LogP contribution >= 0.6 is 0 Å². The van der Waals surface area contributed by atoms with E-state index in [1.807, 2.05) is 4.98 Å². The molecule has 1 aromatic rings. The summed E-state index contributed by atoms with van der Waals surface area (Å²) in [5.41, 5.74) is 5.40. The van der Waals surface area contributed by atoms with Gasteiger partial charge < -0.3 is 14.9 Å². The summed E-state index contributed by atoms with van der Waals surface area (Å²) in [4.78, 5) is 27.6. The van der Waals surface area contributed by atoms with Gasteiger partial charge in [-0.1, -0.05) is 5.11 Å². The molecule has 1 fully saturated rings. The van der Waals surface area contributed by atoms with Gasteiger partial charge in [0.15, 0.2) is 5.72 Å². The zero-order valence-corrected chi connectivity index (χ0v) is 10.3. The van der Waals surface area contributed by atoms with Crippen LogP contribution in [0.25, 0.3) is 10.4 Å². The highest BCUT2D eigenvalue weighted by Gasteiger charge is 2.49. The Morgan fingerprint density at radius 3 is 2.95 bits per heavy atom. The van der Waals surface area contributed by atoms with Gasteiger partial charge in [-0.2, -0.15) is 0 Å². The smallest absolute Gasteiger partial charge is 0.330 e. The maximum absolute atomic E-state index is 11.9. The molecular formula is C10H13N5O5. The molecule has 1 aromatic heterocycles. The molecule has 0 radical (unpaired) electrons. The van der Waals surface area contributed by atoms with Crippen LogP contribution in [0.5, 0.6) is 0 Å². The minimum absolute atomic E-state index is 0.0724. The van der Waals surface area contributed by atoms with E-state index in [2.05, 4.69) is 10.0 Å². The zero-order chi connectivity index (χ0) is 14.8. The first-order valence-corrected chi connectivity index (χ1v) is 5.83. The lowest BCUT2D eigenvalue weighted by Gasteiger charge is -2.32.